The van der Waals surface area contributed by atoms with Crippen molar-refractivity contribution in [2.45, 2.75) is 32.9 Å². The molecule has 1 saturated heterocycles. The summed E-state index contributed by atoms with van der Waals surface area (Å²) in [6.07, 6.45) is 0. The van der Waals surface area contributed by atoms with Crippen LogP contribution in [-0.4, -0.2) is 43.1 Å². The van der Waals surface area contributed by atoms with E-state index in [0.29, 0.717) is 6.04 Å². The largest absolute Gasteiger partial charge is 0.365 e. The van der Waals surface area contributed by atoms with Crippen molar-refractivity contribution in [3.63, 3.8) is 0 Å². The maximum Gasteiger partial charge on any atom is 0.247 e. The molecule has 3 heterocycles. The Morgan fingerprint density at radius 1 is 1.43 bits per heavy atom. The summed E-state index contributed by atoms with van der Waals surface area (Å²) in [5.41, 5.74) is 2.72. The number of nitrogens with zero attached hydrogens (tertiary/aromatic N) is 2. The predicted molar refractivity (Wildman–Crippen MR) is 84.9 cm³/mol. The van der Waals surface area contributed by atoms with Crippen LogP contribution in [0.3, 0.4) is 0 Å². The van der Waals surface area contributed by atoms with Gasteiger partial charge in [0, 0.05) is 26.2 Å². The van der Waals surface area contributed by atoms with E-state index in [4.69, 9.17) is 0 Å². The molecule has 1 aromatic heterocycles. The Bertz CT molecular complexity index is 567. The smallest absolute Gasteiger partial charge is 0.247 e. The van der Waals surface area contributed by atoms with Crippen molar-refractivity contribution in [1.82, 2.24) is 10.3 Å². The van der Waals surface area contributed by atoms with E-state index >= 15 is 0 Å². The van der Waals surface area contributed by atoms with Gasteiger partial charge in [-0.2, -0.15) is 0 Å². The number of carbonyl (C=O) groups excluding carboxylic acids is 1. The molecule has 1 amide bonds. The van der Waals surface area contributed by atoms with Crippen molar-refractivity contribution < 1.29 is 4.79 Å². The van der Waals surface area contributed by atoms with Crippen LogP contribution in [0.5, 0.6) is 0 Å². The molecule has 1 atom stereocenters. The van der Waals surface area contributed by atoms with Gasteiger partial charge >= 0.3 is 0 Å². The minimum atomic E-state index is -0.141. The standard InChI is InChI=1S/C15H23N5O/c1-8(2)14-15(21)19-13-9(3)17-12(5-11(13)20(14)4)18-10-6-16-7-10/h5,8,10,14,16H,6-7H2,1-4H3,(H,17,18)(H,19,21)/t14-/m0/s1. The molecule has 0 saturated carbocycles. The number of carbonyl (C=O) groups is 1. The zero-order valence-corrected chi connectivity index (χ0v) is 13.0. The summed E-state index contributed by atoms with van der Waals surface area (Å²) in [5.74, 6) is 1.18. The molecular weight excluding hydrogens is 266 g/mol. The fraction of sp³-hybridized carbons (Fsp3) is 0.600. The second kappa shape index (κ2) is 5.18. The van der Waals surface area contributed by atoms with Gasteiger partial charge in [-0.1, -0.05) is 13.8 Å². The number of nitrogens with one attached hydrogen (secondary N) is 3. The van der Waals surface area contributed by atoms with E-state index in [0.717, 1.165) is 36.0 Å². The van der Waals surface area contributed by atoms with E-state index in [1.165, 1.54) is 0 Å². The zero-order valence-electron chi connectivity index (χ0n) is 13.0. The van der Waals surface area contributed by atoms with Crippen molar-refractivity contribution in [3.8, 4) is 0 Å². The first-order valence-corrected chi connectivity index (χ1v) is 7.50. The van der Waals surface area contributed by atoms with Gasteiger partial charge in [-0.15, -0.1) is 0 Å². The first-order chi connectivity index (χ1) is 9.97. The second-order valence-corrected chi connectivity index (χ2v) is 6.28. The minimum Gasteiger partial charge on any atom is -0.365 e. The third kappa shape index (κ3) is 2.44. The van der Waals surface area contributed by atoms with Gasteiger partial charge in [0.25, 0.3) is 0 Å². The third-order valence-electron chi connectivity index (χ3n) is 4.26. The normalized spacial score (nSPS) is 21.9. The number of hydrogen-bond acceptors (Lipinski definition) is 5. The molecule has 6 heteroatoms. The van der Waals surface area contributed by atoms with Crippen LogP contribution < -0.4 is 20.9 Å². The highest BCUT2D eigenvalue weighted by molar-refractivity contribution is 6.04. The first-order valence-electron chi connectivity index (χ1n) is 7.50. The second-order valence-electron chi connectivity index (χ2n) is 6.28. The summed E-state index contributed by atoms with van der Waals surface area (Å²) in [5, 5.41) is 9.68. The number of aryl methyl sites for hydroxylation is 1. The van der Waals surface area contributed by atoms with Crippen LogP contribution in [0, 0.1) is 12.8 Å². The maximum atomic E-state index is 12.3. The van der Waals surface area contributed by atoms with E-state index in [1.807, 2.05) is 20.0 Å². The van der Waals surface area contributed by atoms with Crippen LogP contribution in [0.15, 0.2) is 6.07 Å². The fourth-order valence-electron chi connectivity index (χ4n) is 3.04. The molecule has 0 spiro atoms. The zero-order chi connectivity index (χ0) is 15.1. The van der Waals surface area contributed by atoms with Crippen molar-refractivity contribution in [2.75, 3.05) is 35.7 Å². The molecule has 3 rings (SSSR count). The van der Waals surface area contributed by atoms with E-state index in [2.05, 4.69) is 39.7 Å². The van der Waals surface area contributed by atoms with Crippen LogP contribution in [0.25, 0.3) is 0 Å². The predicted octanol–water partition coefficient (Wildman–Crippen LogP) is 1.19. The summed E-state index contributed by atoms with van der Waals surface area (Å²) in [7, 11) is 1.98. The average Bonchev–Trinajstić information content (AvgIpc) is 2.35. The molecule has 0 radical (unpaired) electrons. The summed E-state index contributed by atoms with van der Waals surface area (Å²) < 4.78 is 0. The van der Waals surface area contributed by atoms with E-state index in [9.17, 15) is 4.79 Å². The number of likely N-dealkylation sites (N-methyl/N-ethyl adjacent to an activating group) is 1. The van der Waals surface area contributed by atoms with Gasteiger partial charge in [-0.05, 0) is 12.8 Å². The van der Waals surface area contributed by atoms with E-state index < -0.39 is 0 Å². The molecule has 0 unspecified atom stereocenters. The molecular formula is C15H23N5O. The lowest BCUT2D eigenvalue weighted by Gasteiger charge is -2.38. The molecule has 3 N–H and O–H groups in total. The van der Waals surface area contributed by atoms with Crippen LogP contribution >= 0.6 is 0 Å². The summed E-state index contributed by atoms with van der Waals surface area (Å²) in [6, 6.07) is 2.34. The molecule has 1 fully saturated rings. The van der Waals surface area contributed by atoms with Gasteiger partial charge in [-0.3, -0.25) is 4.79 Å². The number of rotatable bonds is 3. The number of hydrogen-bond donors (Lipinski definition) is 3. The molecule has 0 bridgehead atoms. The lowest BCUT2D eigenvalue weighted by molar-refractivity contribution is -0.118. The van der Waals surface area contributed by atoms with Gasteiger partial charge in [0.15, 0.2) is 0 Å². The Hall–Kier alpha value is -1.82. The Kier molecular flexibility index (Phi) is 3.49. The minimum absolute atomic E-state index is 0.0498. The average molecular weight is 289 g/mol. The summed E-state index contributed by atoms with van der Waals surface area (Å²) >= 11 is 0. The number of amides is 1. The highest BCUT2D eigenvalue weighted by Gasteiger charge is 2.34. The number of pyridine rings is 1. The fourth-order valence-corrected chi connectivity index (χ4v) is 3.04. The van der Waals surface area contributed by atoms with Crippen molar-refractivity contribution in [3.05, 3.63) is 11.8 Å². The van der Waals surface area contributed by atoms with E-state index in [-0.39, 0.29) is 17.9 Å². The van der Waals surface area contributed by atoms with Gasteiger partial charge in [0.05, 0.1) is 23.1 Å². The van der Waals surface area contributed by atoms with E-state index in [1.54, 1.807) is 0 Å². The molecule has 6 nitrogen and oxygen atoms in total. The Labute approximate surface area is 125 Å². The molecule has 0 aromatic carbocycles. The lowest BCUT2D eigenvalue weighted by atomic mass is 9.98. The Morgan fingerprint density at radius 3 is 2.71 bits per heavy atom. The number of fused-ring (bicyclic) bond motifs is 1. The SMILES string of the molecule is Cc1nc(NC2CNC2)cc2c1NC(=O)[C@H](C(C)C)N2C. The van der Waals surface area contributed by atoms with Crippen LogP contribution in [0.4, 0.5) is 17.2 Å². The van der Waals surface area contributed by atoms with Crippen molar-refractivity contribution in [2.24, 2.45) is 5.92 Å². The van der Waals surface area contributed by atoms with Gasteiger partial charge in [0.1, 0.15) is 11.9 Å². The van der Waals surface area contributed by atoms with Crippen LogP contribution in [-0.2, 0) is 4.79 Å². The number of anilines is 3. The number of aromatic nitrogens is 1. The third-order valence-corrected chi connectivity index (χ3v) is 4.26. The molecule has 114 valence electrons. The topological polar surface area (TPSA) is 69.3 Å². The monoisotopic (exact) mass is 289 g/mol. The Morgan fingerprint density at radius 2 is 2.14 bits per heavy atom. The van der Waals surface area contributed by atoms with Crippen LogP contribution in [0.2, 0.25) is 0 Å². The first kappa shape index (κ1) is 14.1. The maximum absolute atomic E-state index is 12.3. The summed E-state index contributed by atoms with van der Waals surface area (Å²) in [4.78, 5) is 18.9. The lowest BCUT2D eigenvalue weighted by Crippen LogP contribution is -2.52. The molecule has 2 aliphatic heterocycles. The highest BCUT2D eigenvalue weighted by atomic mass is 16.2. The Balaban J connectivity index is 1.95. The van der Waals surface area contributed by atoms with Gasteiger partial charge in [0.2, 0.25) is 5.91 Å². The van der Waals surface area contributed by atoms with Crippen molar-refractivity contribution >= 4 is 23.1 Å². The molecule has 0 aliphatic carbocycles. The molecule has 1 aromatic rings. The highest BCUT2D eigenvalue weighted by Crippen LogP contribution is 2.36. The quantitative estimate of drug-likeness (QED) is 0.780. The summed E-state index contributed by atoms with van der Waals surface area (Å²) in [6.45, 7) is 8.02. The molecule has 2 aliphatic rings. The molecule has 21 heavy (non-hydrogen) atoms. The van der Waals surface area contributed by atoms with Gasteiger partial charge < -0.3 is 20.9 Å². The van der Waals surface area contributed by atoms with Crippen LogP contribution in [0.1, 0.15) is 19.5 Å². The van der Waals surface area contributed by atoms with Gasteiger partial charge in [-0.25, -0.2) is 4.98 Å². The van der Waals surface area contributed by atoms with Crippen molar-refractivity contribution in [1.29, 1.82) is 0 Å².